The normalized spacial score (nSPS) is 7.70. The van der Waals surface area contributed by atoms with Gasteiger partial charge >= 0.3 is 0 Å². The van der Waals surface area contributed by atoms with Crippen LogP contribution in [0.25, 0.3) is 0 Å². The maximum Gasteiger partial charge on any atom is 0.229 e. The monoisotopic (exact) mass is 260 g/mol. The first-order chi connectivity index (χ1) is 9.58. The van der Waals surface area contributed by atoms with Gasteiger partial charge in [0.2, 0.25) is 10.9 Å². The SMILES string of the molecule is Cc1c#cc#cc(C)cccc(=O)c#cc(=O)ccc1. The van der Waals surface area contributed by atoms with E-state index < -0.39 is 10.9 Å². The lowest BCUT2D eigenvalue weighted by Gasteiger charge is -1.73. The highest BCUT2D eigenvalue weighted by atomic mass is 16.1. The van der Waals surface area contributed by atoms with Gasteiger partial charge in [-0.05, 0) is 61.4 Å². The van der Waals surface area contributed by atoms with Crippen molar-refractivity contribution in [2.24, 2.45) is 0 Å². The van der Waals surface area contributed by atoms with Crippen LogP contribution in [-0.4, -0.2) is 0 Å². The molecule has 0 amide bonds. The van der Waals surface area contributed by atoms with Crippen LogP contribution in [0.15, 0.2) is 46.0 Å². The van der Waals surface area contributed by atoms with Crippen molar-refractivity contribution >= 4 is 0 Å². The Labute approximate surface area is 119 Å². The van der Waals surface area contributed by atoms with Crippen molar-refractivity contribution in [2.75, 3.05) is 0 Å². The van der Waals surface area contributed by atoms with Gasteiger partial charge in [0, 0.05) is 0 Å². The zero-order chi connectivity index (χ0) is 14.8. The first-order valence-corrected chi connectivity index (χ1v) is 5.90. The Hall–Kier alpha value is -3.02. The van der Waals surface area contributed by atoms with E-state index in [2.05, 4.69) is 36.4 Å². The zero-order valence-electron chi connectivity index (χ0n) is 11.3. The first kappa shape index (κ1) is 15.0. The molecule has 2 nitrogen and oxygen atoms in total. The molecular weight excluding hydrogens is 248 g/mol. The summed E-state index contributed by atoms with van der Waals surface area (Å²) in [7, 11) is 0. The summed E-state index contributed by atoms with van der Waals surface area (Å²) in [6, 6.07) is 24.7. The van der Waals surface area contributed by atoms with Gasteiger partial charge in [-0.15, -0.1) is 0 Å². The third-order valence-corrected chi connectivity index (χ3v) is 2.08. The summed E-state index contributed by atoms with van der Waals surface area (Å²) in [5, 5.41) is 0. The van der Waals surface area contributed by atoms with Crippen molar-refractivity contribution in [1.29, 1.82) is 0 Å². The summed E-state index contributed by atoms with van der Waals surface area (Å²) < 4.78 is 0. The van der Waals surface area contributed by atoms with Gasteiger partial charge in [-0.3, -0.25) is 9.59 Å². The Kier molecular flexibility index (Phi) is 6.13. The van der Waals surface area contributed by atoms with Crippen LogP contribution >= 0.6 is 0 Å². The molecule has 0 saturated heterocycles. The highest BCUT2D eigenvalue weighted by Crippen LogP contribution is 1.83. The molecule has 0 atom stereocenters. The van der Waals surface area contributed by atoms with Gasteiger partial charge in [0.25, 0.3) is 0 Å². The molecule has 0 radical (unpaired) electrons. The molecule has 0 spiro atoms. The van der Waals surface area contributed by atoms with Gasteiger partial charge < -0.3 is 0 Å². The molecule has 1 aromatic rings. The Bertz CT molecular complexity index is 630. The van der Waals surface area contributed by atoms with Crippen LogP contribution in [0.5, 0.6) is 0 Å². The molecule has 1 rings (SSSR count). The molecule has 2 heteroatoms. The van der Waals surface area contributed by atoms with E-state index in [0.717, 1.165) is 11.1 Å². The largest absolute Gasteiger partial charge is 0.280 e. The van der Waals surface area contributed by atoms with E-state index in [0.29, 0.717) is 0 Å². The van der Waals surface area contributed by atoms with E-state index in [-0.39, 0.29) is 0 Å². The number of aryl methyl sites for hydroxylation is 2. The van der Waals surface area contributed by atoms with E-state index >= 15 is 0 Å². The first-order valence-electron chi connectivity index (χ1n) is 5.90. The summed E-state index contributed by atoms with van der Waals surface area (Å²) in [6.45, 7) is 3.63. The Balaban J connectivity index is 3.49. The van der Waals surface area contributed by atoms with Gasteiger partial charge in [-0.25, -0.2) is 0 Å². The van der Waals surface area contributed by atoms with E-state index in [1.807, 2.05) is 13.8 Å². The predicted octanol–water partition coefficient (Wildman–Crippen LogP) is 2.07. The maximum atomic E-state index is 11.3. The van der Waals surface area contributed by atoms with E-state index in [9.17, 15) is 9.59 Å². The molecule has 0 N–H and O–H groups in total. The summed E-state index contributed by atoms with van der Waals surface area (Å²) >= 11 is 0. The fourth-order valence-electron chi connectivity index (χ4n) is 1.11. The average Bonchev–Trinajstić information content (AvgIpc) is 2.40. The third-order valence-electron chi connectivity index (χ3n) is 2.08. The molecule has 96 valence electrons. The lowest BCUT2D eigenvalue weighted by Crippen LogP contribution is -1.92. The molecule has 0 aliphatic heterocycles. The van der Waals surface area contributed by atoms with Crippen molar-refractivity contribution < 1.29 is 0 Å². The Morgan fingerprint density at radius 2 is 1.05 bits per heavy atom. The number of hydrogen-bond donors (Lipinski definition) is 0. The molecule has 0 aliphatic carbocycles. The summed E-state index contributed by atoms with van der Waals surface area (Å²) in [4.78, 5) is 22.7. The zero-order valence-corrected chi connectivity index (χ0v) is 11.3. The third kappa shape index (κ3) is 6.65. The fraction of sp³-hybridized carbons (Fsp3) is 0.111. The predicted molar refractivity (Wildman–Crippen MR) is 76.7 cm³/mol. The van der Waals surface area contributed by atoms with Gasteiger partial charge in [0.05, 0.1) is 0 Å². The molecule has 0 heterocycles. The molecule has 0 aliphatic rings. The second kappa shape index (κ2) is 8.15. The maximum absolute atomic E-state index is 11.3. The summed E-state index contributed by atoms with van der Waals surface area (Å²) in [5.41, 5.74) is 0.701. The molecule has 20 heavy (non-hydrogen) atoms. The minimum absolute atomic E-state index is 0.428. The average molecular weight is 260 g/mol. The van der Waals surface area contributed by atoms with Gasteiger partial charge in [0.15, 0.2) is 0 Å². The van der Waals surface area contributed by atoms with Gasteiger partial charge in [0.1, 0.15) is 0 Å². The van der Waals surface area contributed by atoms with Crippen molar-refractivity contribution in [1.82, 2.24) is 0 Å². The van der Waals surface area contributed by atoms with Crippen LogP contribution in [0, 0.1) is 50.2 Å². The Morgan fingerprint density at radius 3 is 1.45 bits per heavy atom. The molecule has 0 fully saturated rings. The Morgan fingerprint density at radius 1 is 0.650 bits per heavy atom. The molecule has 1 aromatic carbocycles. The fourth-order valence-corrected chi connectivity index (χ4v) is 1.11. The highest BCUT2D eigenvalue weighted by Gasteiger charge is 1.73. The second-order valence-corrected chi connectivity index (χ2v) is 3.90. The molecular formula is C18H12O2. The second-order valence-electron chi connectivity index (χ2n) is 3.90. The summed E-state index contributed by atoms with van der Waals surface area (Å²) in [5.74, 6) is 0. The summed E-state index contributed by atoms with van der Waals surface area (Å²) in [6.07, 6.45) is 0. The van der Waals surface area contributed by atoms with Crippen molar-refractivity contribution in [2.45, 2.75) is 13.8 Å². The lowest BCUT2D eigenvalue weighted by molar-refractivity contribution is 1.49. The molecule has 0 bridgehead atoms. The molecule has 0 unspecified atom stereocenters. The topological polar surface area (TPSA) is 34.1 Å². The molecule has 0 saturated carbocycles. The minimum Gasteiger partial charge on any atom is -0.280 e. The van der Waals surface area contributed by atoms with Gasteiger partial charge in [-0.1, -0.05) is 36.4 Å². The van der Waals surface area contributed by atoms with Crippen LogP contribution in [0.2, 0.25) is 0 Å². The standard InChI is InChI=1S/C18H12O2/c1-15-7-3-4-8-16(2)10-6-12-18(20)14-13-17(19)11-5-9-15/h5-6,9-12H,1-2H3. The van der Waals surface area contributed by atoms with E-state index in [1.165, 1.54) is 12.1 Å². The number of hydrogen-bond acceptors (Lipinski definition) is 2. The molecule has 0 aromatic heterocycles. The van der Waals surface area contributed by atoms with Crippen LogP contribution in [0.3, 0.4) is 0 Å². The minimum atomic E-state index is -0.428. The number of rotatable bonds is 0. The van der Waals surface area contributed by atoms with Gasteiger partial charge in [-0.2, -0.15) is 0 Å². The van der Waals surface area contributed by atoms with Crippen molar-refractivity contribution in [3.05, 3.63) is 104 Å². The smallest absolute Gasteiger partial charge is 0.229 e. The van der Waals surface area contributed by atoms with Crippen LogP contribution in [0.1, 0.15) is 11.1 Å². The van der Waals surface area contributed by atoms with Crippen molar-refractivity contribution in [3.8, 4) is 0 Å². The van der Waals surface area contributed by atoms with Crippen molar-refractivity contribution in [3.63, 3.8) is 0 Å². The lowest BCUT2D eigenvalue weighted by atomic mass is 10.3. The van der Waals surface area contributed by atoms with Crippen LogP contribution in [0.4, 0.5) is 0 Å². The van der Waals surface area contributed by atoms with Crippen LogP contribution < -0.4 is 10.9 Å². The van der Waals surface area contributed by atoms with E-state index in [4.69, 9.17) is 0 Å². The van der Waals surface area contributed by atoms with E-state index in [1.54, 1.807) is 24.3 Å². The quantitative estimate of drug-likeness (QED) is 0.715. The van der Waals surface area contributed by atoms with Crippen LogP contribution in [-0.2, 0) is 0 Å². The highest BCUT2D eigenvalue weighted by molar-refractivity contribution is 5.03.